The molecular weight excluding hydrogens is 225 g/mol. The second-order valence-electron chi connectivity index (χ2n) is 5.96. The highest BCUT2D eigenvalue weighted by atomic mass is 19.1. The van der Waals surface area contributed by atoms with Crippen LogP contribution in [0.5, 0.6) is 0 Å². The van der Waals surface area contributed by atoms with Gasteiger partial charge in [0, 0.05) is 6.04 Å². The third kappa shape index (κ3) is 3.11. The van der Waals surface area contributed by atoms with E-state index < -0.39 is 0 Å². The van der Waals surface area contributed by atoms with Crippen molar-refractivity contribution in [3.05, 3.63) is 35.6 Å². The summed E-state index contributed by atoms with van der Waals surface area (Å²) in [5, 5.41) is 3.62. The molecule has 3 rings (SSSR count). The fraction of sp³-hybridized carbons (Fsp3) is 0.625. The van der Waals surface area contributed by atoms with Crippen molar-refractivity contribution in [1.29, 1.82) is 0 Å². The molecule has 0 unspecified atom stereocenters. The molecule has 0 atom stereocenters. The van der Waals surface area contributed by atoms with Gasteiger partial charge in [0.1, 0.15) is 5.82 Å². The molecule has 2 fully saturated rings. The zero-order valence-electron chi connectivity index (χ0n) is 10.9. The lowest BCUT2D eigenvalue weighted by Gasteiger charge is -2.36. The van der Waals surface area contributed by atoms with Gasteiger partial charge in [-0.2, -0.15) is 0 Å². The molecule has 0 spiro atoms. The van der Waals surface area contributed by atoms with Crippen molar-refractivity contribution < 1.29 is 4.39 Å². The van der Waals surface area contributed by atoms with E-state index in [-0.39, 0.29) is 5.82 Å². The molecule has 2 saturated carbocycles. The predicted molar refractivity (Wildman–Crippen MR) is 72.1 cm³/mol. The first-order valence-electron chi connectivity index (χ1n) is 7.30. The largest absolute Gasteiger partial charge is 0.314 e. The molecule has 2 aliphatic rings. The van der Waals surface area contributed by atoms with E-state index in [2.05, 4.69) is 11.4 Å². The normalized spacial score (nSPS) is 26.9. The van der Waals surface area contributed by atoms with Gasteiger partial charge < -0.3 is 5.32 Å². The number of benzene rings is 1. The monoisotopic (exact) mass is 247 g/mol. The molecule has 1 aromatic rings. The quantitative estimate of drug-likeness (QED) is 0.753. The zero-order valence-corrected chi connectivity index (χ0v) is 10.9. The summed E-state index contributed by atoms with van der Waals surface area (Å²) in [6, 6.07) is 7.75. The molecule has 0 heterocycles. The van der Waals surface area contributed by atoms with E-state index in [0.29, 0.717) is 12.0 Å². The number of rotatable bonds is 6. The van der Waals surface area contributed by atoms with Crippen molar-refractivity contribution in [2.75, 3.05) is 6.54 Å². The van der Waals surface area contributed by atoms with Crippen molar-refractivity contribution in [3.63, 3.8) is 0 Å². The van der Waals surface area contributed by atoms with Crippen LogP contribution in [0, 0.1) is 11.7 Å². The van der Waals surface area contributed by atoms with Crippen LogP contribution in [0.1, 0.15) is 50.0 Å². The summed E-state index contributed by atoms with van der Waals surface area (Å²) >= 11 is 0. The SMILES string of the molecule is Fc1cccc(C2CC(NCCCC3CC3)C2)c1. The van der Waals surface area contributed by atoms with Gasteiger partial charge in [-0.3, -0.25) is 0 Å². The Hall–Kier alpha value is -0.890. The fourth-order valence-electron chi connectivity index (χ4n) is 2.92. The van der Waals surface area contributed by atoms with Gasteiger partial charge in [0.15, 0.2) is 0 Å². The van der Waals surface area contributed by atoms with Gasteiger partial charge >= 0.3 is 0 Å². The van der Waals surface area contributed by atoms with Crippen molar-refractivity contribution in [2.24, 2.45) is 5.92 Å². The highest BCUT2D eigenvalue weighted by Gasteiger charge is 2.30. The molecule has 0 saturated heterocycles. The number of nitrogens with one attached hydrogen (secondary N) is 1. The summed E-state index contributed by atoms with van der Waals surface area (Å²) in [6.45, 7) is 1.16. The molecule has 0 bridgehead atoms. The van der Waals surface area contributed by atoms with E-state index in [0.717, 1.165) is 12.5 Å². The molecule has 1 N–H and O–H groups in total. The third-order valence-corrected chi connectivity index (χ3v) is 4.38. The van der Waals surface area contributed by atoms with Crippen molar-refractivity contribution in [3.8, 4) is 0 Å². The van der Waals surface area contributed by atoms with E-state index in [1.807, 2.05) is 6.07 Å². The van der Waals surface area contributed by atoms with Crippen LogP contribution in [0.15, 0.2) is 24.3 Å². The Morgan fingerprint density at radius 2 is 2.06 bits per heavy atom. The molecule has 0 aromatic heterocycles. The van der Waals surface area contributed by atoms with Gasteiger partial charge in [-0.05, 0) is 61.8 Å². The van der Waals surface area contributed by atoms with Crippen molar-refractivity contribution in [2.45, 2.75) is 50.5 Å². The first-order chi connectivity index (χ1) is 8.81. The maximum atomic E-state index is 13.1. The minimum atomic E-state index is -0.103. The van der Waals surface area contributed by atoms with E-state index in [1.165, 1.54) is 50.2 Å². The van der Waals surface area contributed by atoms with Crippen molar-refractivity contribution >= 4 is 0 Å². The predicted octanol–water partition coefficient (Wildman–Crippen LogP) is 3.85. The van der Waals surface area contributed by atoms with Crippen LogP contribution >= 0.6 is 0 Å². The molecular formula is C16H22FN. The molecule has 2 heteroatoms. The standard InChI is InChI=1S/C16H22FN/c17-15-5-1-4-13(9-15)14-10-16(11-14)18-8-2-3-12-6-7-12/h1,4-5,9,12,14,16,18H,2-3,6-8,10-11H2. The van der Waals surface area contributed by atoms with Gasteiger partial charge in [-0.25, -0.2) is 4.39 Å². The van der Waals surface area contributed by atoms with Crippen LogP contribution < -0.4 is 5.32 Å². The molecule has 2 aliphatic carbocycles. The molecule has 0 amide bonds. The van der Waals surface area contributed by atoms with Gasteiger partial charge in [-0.1, -0.05) is 25.0 Å². The van der Waals surface area contributed by atoms with Crippen LogP contribution in [-0.2, 0) is 0 Å². The molecule has 0 aliphatic heterocycles. The maximum Gasteiger partial charge on any atom is 0.123 e. The van der Waals surface area contributed by atoms with Gasteiger partial charge in [0.25, 0.3) is 0 Å². The first kappa shape index (κ1) is 12.2. The summed E-state index contributed by atoms with van der Waals surface area (Å²) in [7, 11) is 0. The Morgan fingerprint density at radius 1 is 1.22 bits per heavy atom. The topological polar surface area (TPSA) is 12.0 Å². The average Bonchev–Trinajstić information content (AvgIpc) is 3.10. The Bertz CT molecular complexity index is 394. The summed E-state index contributed by atoms with van der Waals surface area (Å²) < 4.78 is 13.1. The smallest absolute Gasteiger partial charge is 0.123 e. The molecule has 1 aromatic carbocycles. The average molecular weight is 247 g/mol. The van der Waals surface area contributed by atoms with Crippen molar-refractivity contribution in [1.82, 2.24) is 5.32 Å². The summed E-state index contributed by atoms with van der Waals surface area (Å²) in [4.78, 5) is 0. The minimum Gasteiger partial charge on any atom is -0.314 e. The molecule has 0 radical (unpaired) electrons. The van der Waals surface area contributed by atoms with Gasteiger partial charge in [-0.15, -0.1) is 0 Å². The summed E-state index contributed by atoms with van der Waals surface area (Å²) in [6.07, 6.45) is 8.01. The Morgan fingerprint density at radius 3 is 2.78 bits per heavy atom. The highest BCUT2D eigenvalue weighted by molar-refractivity contribution is 5.23. The second-order valence-corrected chi connectivity index (χ2v) is 5.96. The van der Waals surface area contributed by atoms with Crippen LogP contribution in [0.3, 0.4) is 0 Å². The lowest BCUT2D eigenvalue weighted by molar-refractivity contribution is 0.289. The first-order valence-corrected chi connectivity index (χ1v) is 7.30. The third-order valence-electron chi connectivity index (χ3n) is 4.38. The summed E-state index contributed by atoms with van der Waals surface area (Å²) in [5.74, 6) is 1.52. The van der Waals surface area contributed by atoms with Gasteiger partial charge in [0.05, 0.1) is 0 Å². The summed E-state index contributed by atoms with van der Waals surface area (Å²) in [5.41, 5.74) is 1.17. The molecule has 98 valence electrons. The van der Waals surface area contributed by atoms with Gasteiger partial charge in [0.2, 0.25) is 0 Å². The zero-order chi connectivity index (χ0) is 12.4. The van der Waals surface area contributed by atoms with Crippen LogP contribution in [0.4, 0.5) is 4.39 Å². The van der Waals surface area contributed by atoms with E-state index in [9.17, 15) is 4.39 Å². The van der Waals surface area contributed by atoms with Crippen LogP contribution in [0.25, 0.3) is 0 Å². The maximum absolute atomic E-state index is 13.1. The lowest BCUT2D eigenvalue weighted by Crippen LogP contribution is -2.40. The highest BCUT2D eigenvalue weighted by Crippen LogP contribution is 2.37. The van der Waals surface area contributed by atoms with E-state index in [1.54, 1.807) is 6.07 Å². The second kappa shape index (κ2) is 5.40. The van der Waals surface area contributed by atoms with Crippen LogP contribution in [-0.4, -0.2) is 12.6 Å². The lowest BCUT2D eigenvalue weighted by atomic mass is 9.76. The van der Waals surface area contributed by atoms with Crippen LogP contribution in [0.2, 0.25) is 0 Å². The Labute approximate surface area is 109 Å². The fourth-order valence-corrected chi connectivity index (χ4v) is 2.92. The Balaban J connectivity index is 1.34. The van der Waals surface area contributed by atoms with E-state index in [4.69, 9.17) is 0 Å². The number of hydrogen-bond donors (Lipinski definition) is 1. The van der Waals surface area contributed by atoms with E-state index >= 15 is 0 Å². The number of hydrogen-bond acceptors (Lipinski definition) is 1. The molecule has 18 heavy (non-hydrogen) atoms. The number of halogens is 1. The minimum absolute atomic E-state index is 0.103. The Kier molecular flexibility index (Phi) is 3.64. The molecule has 1 nitrogen and oxygen atoms in total.